The van der Waals surface area contributed by atoms with Gasteiger partial charge in [0.15, 0.2) is 17.5 Å². The van der Waals surface area contributed by atoms with Gasteiger partial charge in [0, 0.05) is 52.1 Å². The van der Waals surface area contributed by atoms with Crippen molar-refractivity contribution in [2.24, 2.45) is 23.7 Å². The molecule has 5 heteroatoms. The summed E-state index contributed by atoms with van der Waals surface area (Å²) >= 11 is 1.83. The summed E-state index contributed by atoms with van der Waals surface area (Å²) < 4.78 is 2.55. The van der Waals surface area contributed by atoms with Crippen molar-refractivity contribution in [1.29, 1.82) is 0 Å². The van der Waals surface area contributed by atoms with E-state index < -0.39 is 10.0 Å². The van der Waals surface area contributed by atoms with E-state index in [2.05, 4.69) is 140 Å². The van der Waals surface area contributed by atoms with E-state index in [1.54, 1.807) is 16.0 Å². The van der Waals surface area contributed by atoms with Gasteiger partial charge in [0.25, 0.3) is 0 Å². The summed E-state index contributed by atoms with van der Waals surface area (Å²) in [6.07, 6.45) is 12.0. The average Bonchev–Trinajstić information content (AvgIpc) is 3.82. The number of hydrogen-bond donors (Lipinski definition) is 0. The van der Waals surface area contributed by atoms with Gasteiger partial charge in [0.1, 0.15) is 0 Å². The smallest absolute Gasteiger partial charge is 0.164 e. The van der Waals surface area contributed by atoms with Crippen LogP contribution < -0.4 is 0 Å². The predicted molar refractivity (Wildman–Crippen MR) is 234 cm³/mol. The van der Waals surface area contributed by atoms with Crippen molar-refractivity contribution in [1.82, 2.24) is 15.0 Å². The number of rotatable bonds is 3. The minimum Gasteiger partial charge on any atom is -0.208 e. The van der Waals surface area contributed by atoms with E-state index in [0.29, 0.717) is 23.5 Å². The quantitative estimate of drug-likeness (QED) is 0.180. The van der Waals surface area contributed by atoms with E-state index in [4.69, 9.17) is 15.0 Å². The molecule has 0 radical (unpaired) electrons. The summed E-state index contributed by atoms with van der Waals surface area (Å²) in [6, 6.07) is 47.7. The van der Waals surface area contributed by atoms with Gasteiger partial charge < -0.3 is 0 Å². The van der Waals surface area contributed by atoms with Crippen LogP contribution >= 0.6 is 21.4 Å². The molecule has 0 unspecified atom stereocenters. The fourth-order valence-electron chi connectivity index (χ4n) is 12.5. The van der Waals surface area contributed by atoms with Crippen LogP contribution in [0.15, 0.2) is 137 Å². The highest BCUT2D eigenvalue weighted by atomic mass is 32.3. The molecule has 5 aliphatic carbocycles. The molecule has 3 heterocycles. The first-order chi connectivity index (χ1) is 27.4. The van der Waals surface area contributed by atoms with Gasteiger partial charge in [-0.05, 0) is 138 Å². The zero-order chi connectivity index (χ0) is 36.9. The fourth-order valence-corrected chi connectivity index (χ4v) is 16.1. The van der Waals surface area contributed by atoms with Crippen molar-refractivity contribution < 1.29 is 0 Å². The standard InChI is InChI=1S/C51H41N3S2/c1-56(2)46-15-9-7-13-38(46)41-27-43-40(28-47(41)56)39-25-32(17-19-42(39)51(43)34-21-29-20-30(23-34)24-35(51)22-29)49-52-48(31-10-4-3-5-11-31)53-50(54-49)33-16-18-37-36-12-6-8-14-44(36)55-45(37)26-33/h3-19,25-30,34-35H,20-24H2,1-2H3. The minimum atomic E-state index is -1.14. The first-order valence-electron chi connectivity index (χ1n) is 20.3. The maximum absolute atomic E-state index is 5.31. The lowest BCUT2D eigenvalue weighted by Gasteiger charge is -2.61. The van der Waals surface area contributed by atoms with Gasteiger partial charge in [-0.1, -0.05) is 91.0 Å². The Labute approximate surface area is 333 Å². The van der Waals surface area contributed by atoms with Crippen molar-refractivity contribution in [3.63, 3.8) is 0 Å². The first kappa shape index (κ1) is 32.0. The summed E-state index contributed by atoms with van der Waals surface area (Å²) in [5.74, 6) is 5.38. The Kier molecular flexibility index (Phi) is 6.45. The third kappa shape index (κ3) is 4.23. The number of benzene rings is 6. The number of aromatic nitrogens is 3. The second-order valence-electron chi connectivity index (χ2n) is 17.6. The number of thiophene rings is 1. The van der Waals surface area contributed by atoms with Gasteiger partial charge in [-0.3, -0.25) is 0 Å². The predicted octanol–water partition coefficient (Wildman–Crippen LogP) is 13.4. The summed E-state index contributed by atoms with van der Waals surface area (Å²) in [4.78, 5) is 18.8. The highest BCUT2D eigenvalue weighted by Gasteiger charge is 2.62. The molecular weight excluding hydrogens is 719 g/mol. The first-order valence-corrected chi connectivity index (χ1v) is 23.6. The third-order valence-corrected chi connectivity index (χ3v) is 18.6. The van der Waals surface area contributed by atoms with Gasteiger partial charge in [-0.2, -0.15) is 10.0 Å². The topological polar surface area (TPSA) is 38.7 Å². The Morgan fingerprint density at radius 1 is 0.482 bits per heavy atom. The highest BCUT2D eigenvalue weighted by molar-refractivity contribution is 8.33. The maximum Gasteiger partial charge on any atom is 0.164 e. The van der Waals surface area contributed by atoms with Crippen molar-refractivity contribution in [3.8, 4) is 56.4 Å². The van der Waals surface area contributed by atoms with E-state index in [1.165, 1.54) is 79.4 Å². The zero-order valence-electron chi connectivity index (χ0n) is 31.6. The van der Waals surface area contributed by atoms with Gasteiger partial charge in [-0.15, -0.1) is 11.3 Å². The molecule has 6 aliphatic rings. The second-order valence-corrected chi connectivity index (χ2v) is 22.2. The van der Waals surface area contributed by atoms with Crippen LogP contribution in [-0.4, -0.2) is 27.5 Å². The molecule has 8 aromatic rings. The number of nitrogens with zero attached hydrogens (tertiary/aromatic N) is 3. The SMILES string of the molecule is CS1(C)c2ccccc2-c2cc3c(cc21)-c1cc(-c2nc(-c4ccccc4)nc(-c4ccc5c(c4)sc4ccccc45)n2)ccc1C31C2CC3CC(C2)CC1C3. The van der Waals surface area contributed by atoms with Gasteiger partial charge >= 0.3 is 0 Å². The van der Waals surface area contributed by atoms with Crippen LogP contribution in [0, 0.1) is 23.7 Å². The normalized spacial score (nSPS) is 25.0. The maximum atomic E-state index is 5.31. The monoisotopic (exact) mass is 759 g/mol. The van der Waals surface area contributed by atoms with E-state index in [1.807, 2.05) is 11.3 Å². The van der Waals surface area contributed by atoms with Crippen molar-refractivity contribution >= 4 is 41.5 Å². The molecule has 272 valence electrons. The molecule has 3 nitrogen and oxygen atoms in total. The molecule has 4 fully saturated rings. The molecule has 6 aromatic carbocycles. The number of hydrogen-bond acceptors (Lipinski definition) is 4. The number of fused-ring (bicyclic) bond motifs is 9. The Morgan fingerprint density at radius 2 is 1.11 bits per heavy atom. The van der Waals surface area contributed by atoms with Crippen molar-refractivity contribution in [2.75, 3.05) is 12.5 Å². The third-order valence-electron chi connectivity index (χ3n) is 14.6. The molecule has 14 rings (SSSR count). The van der Waals surface area contributed by atoms with Gasteiger partial charge in [-0.25, -0.2) is 15.0 Å². The molecule has 2 aromatic heterocycles. The fraction of sp³-hybridized carbons (Fsp3) is 0.235. The molecule has 4 saturated carbocycles. The Hall–Kier alpha value is -5.10. The molecule has 1 spiro atoms. The van der Waals surface area contributed by atoms with Gasteiger partial charge in [0.2, 0.25) is 0 Å². The Morgan fingerprint density at radius 3 is 1.89 bits per heavy atom. The Bertz CT molecular complexity index is 2950. The molecule has 56 heavy (non-hydrogen) atoms. The van der Waals surface area contributed by atoms with Crippen LogP contribution in [-0.2, 0) is 5.41 Å². The molecule has 0 atom stereocenters. The summed E-state index contributed by atoms with van der Waals surface area (Å²) in [5.41, 5.74) is 12.2. The molecule has 0 amide bonds. The lowest BCUT2D eigenvalue weighted by Crippen LogP contribution is -2.55. The van der Waals surface area contributed by atoms with Crippen LogP contribution in [0.25, 0.3) is 76.6 Å². The van der Waals surface area contributed by atoms with Crippen molar-refractivity contribution in [3.05, 3.63) is 139 Å². The van der Waals surface area contributed by atoms with Crippen molar-refractivity contribution in [2.45, 2.75) is 47.3 Å². The lowest BCUT2D eigenvalue weighted by molar-refractivity contribution is -0.0399. The average molecular weight is 760 g/mol. The van der Waals surface area contributed by atoms with Crippen LogP contribution in [0.5, 0.6) is 0 Å². The van der Waals surface area contributed by atoms with E-state index in [-0.39, 0.29) is 5.41 Å². The van der Waals surface area contributed by atoms with E-state index in [9.17, 15) is 0 Å². The molecule has 1 aliphatic heterocycles. The molecule has 4 bridgehead atoms. The van der Waals surface area contributed by atoms with E-state index in [0.717, 1.165) is 34.4 Å². The van der Waals surface area contributed by atoms with E-state index >= 15 is 0 Å². The van der Waals surface area contributed by atoms with Crippen LogP contribution in [0.1, 0.15) is 43.2 Å². The lowest BCUT2D eigenvalue weighted by atomic mass is 9.43. The zero-order valence-corrected chi connectivity index (χ0v) is 33.3. The second kappa shape index (κ2) is 11.3. The van der Waals surface area contributed by atoms with Crippen LogP contribution in [0.4, 0.5) is 0 Å². The largest absolute Gasteiger partial charge is 0.208 e. The summed E-state index contributed by atoms with van der Waals surface area (Å²) in [7, 11) is -1.14. The molecular formula is C51H41N3S2. The molecule has 0 N–H and O–H groups in total. The van der Waals surface area contributed by atoms with Crippen LogP contribution in [0.3, 0.4) is 0 Å². The summed E-state index contributed by atoms with van der Waals surface area (Å²) in [5, 5.41) is 2.58. The summed E-state index contributed by atoms with van der Waals surface area (Å²) in [6.45, 7) is 0. The molecule has 0 saturated heterocycles. The minimum absolute atomic E-state index is 0.0851. The Balaban J connectivity index is 1.02. The van der Waals surface area contributed by atoms with Gasteiger partial charge in [0.05, 0.1) is 0 Å². The highest BCUT2D eigenvalue weighted by Crippen LogP contribution is 2.73. The van der Waals surface area contributed by atoms with Crippen LogP contribution in [0.2, 0.25) is 0 Å².